The zero-order chi connectivity index (χ0) is 21.3. The minimum absolute atomic E-state index is 0.0638. The van der Waals surface area contributed by atoms with Gasteiger partial charge < -0.3 is 9.47 Å². The van der Waals surface area contributed by atoms with Crippen LogP contribution >= 0.6 is 11.6 Å². The number of benzene rings is 1. The number of carbonyl (C=O) groups excluding carboxylic acids is 1. The number of nitrogens with zero attached hydrogens (tertiary/aromatic N) is 5. The normalized spacial score (nSPS) is 14.9. The first-order valence-corrected chi connectivity index (χ1v) is 10.2. The number of hydrogen-bond acceptors (Lipinski definition) is 5. The van der Waals surface area contributed by atoms with E-state index in [0.717, 1.165) is 49.1 Å². The molecule has 1 aromatic carbocycles. The van der Waals surface area contributed by atoms with Crippen LogP contribution in [0.4, 0.5) is 10.2 Å². The number of aryl methyl sites for hydroxylation is 1. The number of aromatic nitrogens is 3. The molecule has 8 heteroatoms. The van der Waals surface area contributed by atoms with E-state index in [1.807, 2.05) is 24.5 Å². The molecule has 3 heterocycles. The highest BCUT2D eigenvalue weighted by Gasteiger charge is 2.23. The van der Waals surface area contributed by atoms with Crippen LogP contribution in [-0.2, 0) is 0 Å². The van der Waals surface area contributed by atoms with E-state index in [1.54, 1.807) is 30.7 Å². The van der Waals surface area contributed by atoms with Crippen LogP contribution in [0.15, 0.2) is 42.9 Å². The lowest BCUT2D eigenvalue weighted by atomic mass is 10.1. The Labute approximate surface area is 179 Å². The van der Waals surface area contributed by atoms with Gasteiger partial charge in [-0.05, 0) is 38.1 Å². The molecule has 0 spiro atoms. The molecule has 0 radical (unpaired) electrons. The monoisotopic (exact) mass is 427 g/mol. The van der Waals surface area contributed by atoms with Gasteiger partial charge >= 0.3 is 0 Å². The summed E-state index contributed by atoms with van der Waals surface area (Å²) in [4.78, 5) is 25.8. The van der Waals surface area contributed by atoms with Gasteiger partial charge in [-0.1, -0.05) is 11.6 Å². The van der Waals surface area contributed by atoms with Crippen LogP contribution in [0.2, 0.25) is 5.02 Å². The third-order valence-electron chi connectivity index (χ3n) is 5.51. The van der Waals surface area contributed by atoms with Crippen molar-refractivity contribution in [1.29, 1.82) is 0 Å². The highest BCUT2D eigenvalue weighted by molar-refractivity contribution is 6.30. The van der Waals surface area contributed by atoms with E-state index in [-0.39, 0.29) is 10.8 Å². The summed E-state index contributed by atoms with van der Waals surface area (Å²) in [5, 5.41) is 0.0638. The smallest absolute Gasteiger partial charge is 0.178 e. The Balaban J connectivity index is 1.45. The summed E-state index contributed by atoms with van der Waals surface area (Å²) in [7, 11) is 0. The second-order valence-corrected chi connectivity index (χ2v) is 7.88. The zero-order valence-electron chi connectivity index (χ0n) is 17.0. The molecule has 3 aromatic rings. The molecule has 0 unspecified atom stereocenters. The number of rotatable bonds is 5. The van der Waals surface area contributed by atoms with E-state index in [0.29, 0.717) is 12.1 Å². The summed E-state index contributed by atoms with van der Waals surface area (Å²) in [5.41, 5.74) is 3.17. The summed E-state index contributed by atoms with van der Waals surface area (Å²) in [5.74, 6) is 0.486. The highest BCUT2D eigenvalue weighted by atomic mass is 35.5. The predicted molar refractivity (Wildman–Crippen MR) is 115 cm³/mol. The van der Waals surface area contributed by atoms with Gasteiger partial charge in [0, 0.05) is 61.2 Å². The van der Waals surface area contributed by atoms with Crippen molar-refractivity contribution >= 4 is 23.2 Å². The Morgan fingerprint density at radius 1 is 1.13 bits per heavy atom. The molecule has 1 aliphatic rings. The van der Waals surface area contributed by atoms with Crippen molar-refractivity contribution < 1.29 is 9.18 Å². The van der Waals surface area contributed by atoms with Crippen molar-refractivity contribution in [2.75, 3.05) is 37.6 Å². The van der Waals surface area contributed by atoms with Crippen LogP contribution in [0, 0.1) is 19.7 Å². The minimum Gasteiger partial charge on any atom is -0.353 e. The fraction of sp³-hybridized carbons (Fsp3) is 0.318. The topological polar surface area (TPSA) is 54.3 Å². The van der Waals surface area contributed by atoms with Crippen molar-refractivity contribution in [2.45, 2.75) is 13.8 Å². The summed E-state index contributed by atoms with van der Waals surface area (Å²) in [6.45, 7) is 7.38. The Morgan fingerprint density at radius 3 is 2.57 bits per heavy atom. The van der Waals surface area contributed by atoms with Gasteiger partial charge in [0.15, 0.2) is 5.78 Å². The summed E-state index contributed by atoms with van der Waals surface area (Å²) in [6, 6.07) is 6.48. The first-order chi connectivity index (χ1) is 14.4. The van der Waals surface area contributed by atoms with Crippen LogP contribution in [0.1, 0.15) is 21.7 Å². The van der Waals surface area contributed by atoms with Gasteiger partial charge in [0.05, 0.1) is 17.8 Å². The SMILES string of the molecule is Cc1cc(C(=O)CN2CCN(c3cnccn3)CC2)c(C)n1-c1ccc(F)c(Cl)c1. The molecule has 2 aromatic heterocycles. The summed E-state index contributed by atoms with van der Waals surface area (Å²) >= 11 is 5.95. The Hall–Kier alpha value is -2.77. The maximum absolute atomic E-state index is 13.5. The first kappa shape index (κ1) is 20.5. The van der Waals surface area contributed by atoms with Gasteiger partial charge in [0.2, 0.25) is 0 Å². The quantitative estimate of drug-likeness (QED) is 0.581. The molecule has 30 heavy (non-hydrogen) atoms. The number of anilines is 1. The summed E-state index contributed by atoms with van der Waals surface area (Å²) < 4.78 is 15.5. The van der Waals surface area contributed by atoms with E-state index in [2.05, 4.69) is 19.8 Å². The van der Waals surface area contributed by atoms with E-state index in [9.17, 15) is 9.18 Å². The standard InChI is InChI=1S/C22H23ClFN5O/c1-15-11-18(16(2)29(15)17-3-4-20(24)19(23)12-17)21(30)14-27-7-9-28(10-8-27)22-13-25-5-6-26-22/h3-6,11-13H,7-10,14H2,1-2H3. The van der Waals surface area contributed by atoms with Crippen molar-refractivity contribution in [3.63, 3.8) is 0 Å². The largest absolute Gasteiger partial charge is 0.353 e. The number of piperazine rings is 1. The number of hydrogen-bond donors (Lipinski definition) is 0. The minimum atomic E-state index is -0.459. The van der Waals surface area contributed by atoms with E-state index in [1.165, 1.54) is 6.07 Å². The molecule has 1 saturated heterocycles. The maximum atomic E-state index is 13.5. The Kier molecular flexibility index (Phi) is 5.83. The molecule has 4 rings (SSSR count). The van der Waals surface area contributed by atoms with Gasteiger partial charge in [-0.25, -0.2) is 9.37 Å². The van der Waals surface area contributed by atoms with Gasteiger partial charge in [-0.15, -0.1) is 0 Å². The zero-order valence-corrected chi connectivity index (χ0v) is 17.7. The lowest BCUT2D eigenvalue weighted by Crippen LogP contribution is -2.48. The maximum Gasteiger partial charge on any atom is 0.178 e. The number of Topliss-reactive ketones (excluding diaryl/α,β-unsaturated/α-hetero) is 1. The van der Waals surface area contributed by atoms with Crippen LogP contribution in [-0.4, -0.2) is 57.9 Å². The fourth-order valence-electron chi connectivity index (χ4n) is 3.94. The second-order valence-electron chi connectivity index (χ2n) is 7.47. The van der Waals surface area contributed by atoms with Crippen LogP contribution in [0.5, 0.6) is 0 Å². The van der Waals surface area contributed by atoms with E-state index in [4.69, 9.17) is 11.6 Å². The molecule has 0 atom stereocenters. The fourth-order valence-corrected chi connectivity index (χ4v) is 4.12. The van der Waals surface area contributed by atoms with Crippen molar-refractivity contribution in [3.05, 3.63) is 70.6 Å². The van der Waals surface area contributed by atoms with Gasteiger partial charge in [-0.2, -0.15) is 0 Å². The molecular weight excluding hydrogens is 405 g/mol. The van der Waals surface area contributed by atoms with E-state index < -0.39 is 5.82 Å². The second kappa shape index (κ2) is 8.53. The number of ketones is 1. The first-order valence-electron chi connectivity index (χ1n) is 9.85. The van der Waals surface area contributed by atoms with Crippen molar-refractivity contribution in [1.82, 2.24) is 19.4 Å². The number of carbonyl (C=O) groups is 1. The van der Waals surface area contributed by atoms with Gasteiger partial charge in [-0.3, -0.25) is 14.7 Å². The molecule has 1 aliphatic heterocycles. The third-order valence-corrected chi connectivity index (χ3v) is 5.80. The molecule has 1 fully saturated rings. The lowest BCUT2D eigenvalue weighted by molar-refractivity contribution is 0.0925. The average molecular weight is 428 g/mol. The molecule has 0 amide bonds. The lowest BCUT2D eigenvalue weighted by Gasteiger charge is -2.34. The molecule has 6 nitrogen and oxygen atoms in total. The summed E-state index contributed by atoms with van der Waals surface area (Å²) in [6.07, 6.45) is 5.11. The highest BCUT2D eigenvalue weighted by Crippen LogP contribution is 2.25. The Bertz CT molecular complexity index is 1060. The van der Waals surface area contributed by atoms with Crippen LogP contribution in [0.25, 0.3) is 5.69 Å². The molecule has 0 bridgehead atoms. The predicted octanol–water partition coefficient (Wildman–Crippen LogP) is 3.68. The molecule has 0 N–H and O–H groups in total. The van der Waals surface area contributed by atoms with Crippen LogP contribution in [0.3, 0.4) is 0 Å². The molecule has 0 aliphatic carbocycles. The number of halogens is 2. The van der Waals surface area contributed by atoms with E-state index >= 15 is 0 Å². The van der Waals surface area contributed by atoms with Crippen LogP contribution < -0.4 is 4.90 Å². The van der Waals surface area contributed by atoms with Crippen molar-refractivity contribution in [2.24, 2.45) is 0 Å². The van der Waals surface area contributed by atoms with Crippen molar-refractivity contribution in [3.8, 4) is 5.69 Å². The molecule has 0 saturated carbocycles. The van der Waals surface area contributed by atoms with Gasteiger partial charge in [0.25, 0.3) is 0 Å². The molecule has 156 valence electrons. The molecular formula is C22H23ClFN5O. The third kappa shape index (κ3) is 4.08. The van der Waals surface area contributed by atoms with Gasteiger partial charge in [0.1, 0.15) is 11.6 Å². The average Bonchev–Trinajstić information content (AvgIpc) is 3.05. The Morgan fingerprint density at radius 2 is 1.90 bits per heavy atom.